The minimum absolute atomic E-state index is 0.0794. The van der Waals surface area contributed by atoms with Crippen molar-refractivity contribution < 1.29 is 9.84 Å². The van der Waals surface area contributed by atoms with E-state index in [1.165, 1.54) is 7.11 Å². The van der Waals surface area contributed by atoms with Crippen LogP contribution in [0, 0.1) is 0 Å². The van der Waals surface area contributed by atoms with Gasteiger partial charge in [0.15, 0.2) is 28.8 Å². The topological polar surface area (TPSA) is 96.9 Å². The summed E-state index contributed by atoms with van der Waals surface area (Å²) in [4.78, 5) is 0. The first kappa shape index (κ1) is 16.5. The van der Waals surface area contributed by atoms with Gasteiger partial charge in [-0.25, -0.2) is 0 Å². The number of fused-ring (bicyclic) bond motifs is 1. The Kier molecular flexibility index (Phi) is 4.36. The molecule has 0 atom stereocenters. The van der Waals surface area contributed by atoms with Gasteiger partial charge in [-0.05, 0) is 35.9 Å². The molecule has 2 aromatic carbocycles. The minimum Gasteiger partial charge on any atom is -0.504 e. The molecule has 4 rings (SSSR count). The molecular formula is C19H16N6O2. The minimum atomic E-state index is 0.0794. The van der Waals surface area contributed by atoms with Crippen LogP contribution in [0.4, 0.5) is 5.82 Å². The molecule has 2 heterocycles. The third kappa shape index (κ3) is 3.40. The summed E-state index contributed by atoms with van der Waals surface area (Å²) in [6, 6.07) is 18.3. The number of hydrogen-bond acceptors (Lipinski definition) is 7. The number of phenols is 1. The van der Waals surface area contributed by atoms with E-state index in [2.05, 4.69) is 25.8 Å². The van der Waals surface area contributed by atoms with Crippen molar-refractivity contribution >= 4 is 17.7 Å². The van der Waals surface area contributed by atoms with E-state index in [4.69, 9.17) is 4.74 Å². The van der Waals surface area contributed by atoms with Gasteiger partial charge < -0.3 is 9.84 Å². The lowest BCUT2D eigenvalue weighted by Crippen LogP contribution is -2.00. The average Bonchev–Trinajstić information content (AvgIpc) is 3.13. The molecule has 4 aromatic rings. The predicted octanol–water partition coefficient (Wildman–Crippen LogP) is 2.95. The third-order valence-corrected chi connectivity index (χ3v) is 3.89. The monoisotopic (exact) mass is 360 g/mol. The number of methoxy groups -OCH3 is 1. The maximum atomic E-state index is 9.63. The van der Waals surface area contributed by atoms with Crippen LogP contribution in [0.3, 0.4) is 0 Å². The number of phenolic OH excluding ortho intramolecular Hbond substituents is 1. The Labute approximate surface area is 154 Å². The number of benzene rings is 2. The predicted molar refractivity (Wildman–Crippen MR) is 102 cm³/mol. The molecule has 0 aliphatic rings. The first-order valence-electron chi connectivity index (χ1n) is 8.18. The van der Waals surface area contributed by atoms with Gasteiger partial charge in [-0.15, -0.1) is 15.3 Å². The maximum Gasteiger partial charge on any atom is 0.185 e. The summed E-state index contributed by atoms with van der Waals surface area (Å²) >= 11 is 0. The second-order valence-corrected chi connectivity index (χ2v) is 5.68. The van der Waals surface area contributed by atoms with Crippen molar-refractivity contribution in [1.82, 2.24) is 19.8 Å². The number of ether oxygens (including phenoxy) is 1. The van der Waals surface area contributed by atoms with E-state index >= 15 is 0 Å². The number of hydrazone groups is 1. The summed E-state index contributed by atoms with van der Waals surface area (Å²) in [5.74, 6) is 1.66. The van der Waals surface area contributed by atoms with Crippen LogP contribution in [0.2, 0.25) is 0 Å². The summed E-state index contributed by atoms with van der Waals surface area (Å²) in [7, 11) is 1.50. The number of nitrogens with one attached hydrogen (secondary N) is 1. The normalized spacial score (nSPS) is 11.1. The second kappa shape index (κ2) is 7.12. The molecule has 0 aliphatic carbocycles. The van der Waals surface area contributed by atoms with E-state index in [9.17, 15) is 5.11 Å². The standard InChI is InChI=1S/C19H16N6O2/c1-27-16-11-13(7-8-15(16)26)12-20-21-17-9-10-18-22-23-19(25(18)24-17)14-5-3-2-4-6-14/h2-12,26H,1H3,(H,21,24). The molecule has 0 aliphatic heterocycles. The van der Waals surface area contributed by atoms with Gasteiger partial charge in [-0.3, -0.25) is 5.43 Å². The number of anilines is 1. The van der Waals surface area contributed by atoms with Crippen molar-refractivity contribution in [3.8, 4) is 22.9 Å². The Balaban J connectivity index is 1.58. The number of aromatic nitrogens is 4. The average molecular weight is 360 g/mol. The molecule has 0 unspecified atom stereocenters. The van der Waals surface area contributed by atoms with Crippen molar-refractivity contribution in [2.24, 2.45) is 5.10 Å². The Morgan fingerprint density at radius 3 is 2.74 bits per heavy atom. The van der Waals surface area contributed by atoms with Crippen LogP contribution in [0.5, 0.6) is 11.5 Å². The molecule has 0 saturated heterocycles. The van der Waals surface area contributed by atoms with E-state index in [-0.39, 0.29) is 5.75 Å². The molecule has 2 N–H and O–H groups in total. The van der Waals surface area contributed by atoms with Gasteiger partial charge in [0.2, 0.25) is 0 Å². The molecule has 8 heteroatoms. The Hall–Kier alpha value is -3.94. The smallest absolute Gasteiger partial charge is 0.185 e. The SMILES string of the molecule is COc1cc(C=NNc2ccc3nnc(-c4ccccc4)n3n2)ccc1O. The van der Waals surface area contributed by atoms with Crippen LogP contribution in [0.15, 0.2) is 65.8 Å². The highest BCUT2D eigenvalue weighted by atomic mass is 16.5. The number of rotatable bonds is 5. The summed E-state index contributed by atoms with van der Waals surface area (Å²) in [6.07, 6.45) is 1.61. The Morgan fingerprint density at radius 2 is 1.93 bits per heavy atom. The summed E-state index contributed by atoms with van der Waals surface area (Å²) in [5.41, 5.74) is 5.23. The molecular weight excluding hydrogens is 344 g/mol. The first-order chi connectivity index (χ1) is 13.2. The van der Waals surface area contributed by atoms with Crippen molar-refractivity contribution in [2.75, 3.05) is 12.5 Å². The van der Waals surface area contributed by atoms with Gasteiger partial charge >= 0.3 is 0 Å². The van der Waals surface area contributed by atoms with Crippen molar-refractivity contribution in [1.29, 1.82) is 0 Å². The lowest BCUT2D eigenvalue weighted by atomic mass is 10.2. The van der Waals surface area contributed by atoms with Crippen LogP contribution < -0.4 is 10.2 Å². The van der Waals surface area contributed by atoms with E-state index in [1.807, 2.05) is 36.4 Å². The molecule has 0 spiro atoms. The Bertz CT molecular complexity index is 1110. The zero-order chi connectivity index (χ0) is 18.6. The van der Waals surface area contributed by atoms with Gasteiger partial charge in [0, 0.05) is 5.56 Å². The summed E-state index contributed by atoms with van der Waals surface area (Å²) in [5, 5.41) is 26.6. The molecule has 8 nitrogen and oxygen atoms in total. The molecule has 2 aromatic heterocycles. The van der Waals surface area contributed by atoms with Crippen LogP contribution >= 0.6 is 0 Å². The molecule has 0 fully saturated rings. The number of nitrogens with zero attached hydrogens (tertiary/aromatic N) is 5. The lowest BCUT2D eigenvalue weighted by molar-refractivity contribution is 0.373. The van der Waals surface area contributed by atoms with E-state index in [1.54, 1.807) is 35.0 Å². The highest BCUT2D eigenvalue weighted by molar-refractivity contribution is 5.81. The van der Waals surface area contributed by atoms with Crippen molar-refractivity contribution in [3.05, 3.63) is 66.2 Å². The molecule has 0 radical (unpaired) electrons. The van der Waals surface area contributed by atoms with E-state index in [0.717, 1.165) is 11.1 Å². The van der Waals surface area contributed by atoms with Gasteiger partial charge in [-0.1, -0.05) is 30.3 Å². The molecule has 0 amide bonds. The maximum absolute atomic E-state index is 9.63. The summed E-state index contributed by atoms with van der Waals surface area (Å²) in [6.45, 7) is 0. The zero-order valence-electron chi connectivity index (χ0n) is 14.4. The van der Waals surface area contributed by atoms with E-state index in [0.29, 0.717) is 23.0 Å². The van der Waals surface area contributed by atoms with Crippen LogP contribution in [-0.4, -0.2) is 38.2 Å². The fraction of sp³-hybridized carbons (Fsp3) is 0.0526. The Morgan fingerprint density at radius 1 is 1.07 bits per heavy atom. The lowest BCUT2D eigenvalue weighted by Gasteiger charge is -2.04. The number of aromatic hydroxyl groups is 1. The molecule has 0 bridgehead atoms. The zero-order valence-corrected chi connectivity index (χ0v) is 14.4. The molecule has 0 saturated carbocycles. The highest BCUT2D eigenvalue weighted by Gasteiger charge is 2.09. The van der Waals surface area contributed by atoms with Crippen LogP contribution in [-0.2, 0) is 0 Å². The van der Waals surface area contributed by atoms with Crippen molar-refractivity contribution in [3.63, 3.8) is 0 Å². The third-order valence-electron chi connectivity index (χ3n) is 3.89. The second-order valence-electron chi connectivity index (χ2n) is 5.68. The van der Waals surface area contributed by atoms with Crippen LogP contribution in [0.1, 0.15) is 5.56 Å². The quantitative estimate of drug-likeness (QED) is 0.419. The fourth-order valence-electron chi connectivity index (χ4n) is 2.56. The van der Waals surface area contributed by atoms with Gasteiger partial charge in [0.25, 0.3) is 0 Å². The molecule has 134 valence electrons. The fourth-order valence-corrected chi connectivity index (χ4v) is 2.56. The van der Waals surface area contributed by atoms with E-state index < -0.39 is 0 Å². The summed E-state index contributed by atoms with van der Waals surface area (Å²) < 4.78 is 6.75. The first-order valence-corrected chi connectivity index (χ1v) is 8.18. The number of hydrogen-bond donors (Lipinski definition) is 2. The van der Waals surface area contributed by atoms with Gasteiger partial charge in [0.1, 0.15) is 0 Å². The van der Waals surface area contributed by atoms with Crippen LogP contribution in [0.25, 0.3) is 17.0 Å². The van der Waals surface area contributed by atoms with Gasteiger partial charge in [-0.2, -0.15) is 9.62 Å². The van der Waals surface area contributed by atoms with Crippen molar-refractivity contribution in [2.45, 2.75) is 0 Å². The highest BCUT2D eigenvalue weighted by Crippen LogP contribution is 2.25. The van der Waals surface area contributed by atoms with Gasteiger partial charge in [0.05, 0.1) is 13.3 Å². The largest absolute Gasteiger partial charge is 0.504 e. The molecule has 27 heavy (non-hydrogen) atoms.